The van der Waals surface area contributed by atoms with Crippen LogP contribution in [-0.2, 0) is 6.54 Å². The molecule has 1 unspecified atom stereocenters. The lowest BCUT2D eigenvalue weighted by molar-refractivity contribution is 0.481. The molecule has 1 aliphatic rings. The SMILES string of the molecule is CCNC(=NCc1ccnc(N2CCCCCC2)c1)NC(C)C(C)C.I. The van der Waals surface area contributed by atoms with Gasteiger partial charge >= 0.3 is 0 Å². The minimum atomic E-state index is 0. The molecule has 2 N–H and O–H groups in total. The van der Waals surface area contributed by atoms with Gasteiger partial charge in [-0.05, 0) is 50.3 Å². The predicted molar refractivity (Wildman–Crippen MR) is 123 cm³/mol. The number of halogens is 1. The average Bonchev–Trinajstić information content (AvgIpc) is 2.89. The highest BCUT2D eigenvalue weighted by molar-refractivity contribution is 14.0. The molecular formula is C20H36IN5. The summed E-state index contributed by atoms with van der Waals surface area (Å²) in [6.45, 7) is 12.5. The van der Waals surface area contributed by atoms with Crippen molar-refractivity contribution >= 4 is 35.8 Å². The van der Waals surface area contributed by atoms with Crippen LogP contribution in [0.5, 0.6) is 0 Å². The summed E-state index contributed by atoms with van der Waals surface area (Å²) in [6.07, 6.45) is 7.14. The van der Waals surface area contributed by atoms with E-state index >= 15 is 0 Å². The van der Waals surface area contributed by atoms with Gasteiger partial charge in [0.1, 0.15) is 5.82 Å². The van der Waals surface area contributed by atoms with Gasteiger partial charge in [-0.25, -0.2) is 9.98 Å². The average molecular weight is 473 g/mol. The molecular weight excluding hydrogens is 437 g/mol. The fourth-order valence-corrected chi connectivity index (χ4v) is 2.90. The first-order valence-corrected chi connectivity index (χ1v) is 9.85. The van der Waals surface area contributed by atoms with Crippen LogP contribution in [0.4, 0.5) is 5.82 Å². The number of aromatic nitrogens is 1. The topological polar surface area (TPSA) is 52.6 Å². The largest absolute Gasteiger partial charge is 0.357 e. The van der Waals surface area contributed by atoms with Crippen molar-refractivity contribution in [1.29, 1.82) is 0 Å². The molecule has 0 amide bonds. The molecule has 1 fully saturated rings. The third kappa shape index (κ3) is 7.68. The zero-order chi connectivity index (χ0) is 18.1. The van der Waals surface area contributed by atoms with Crippen LogP contribution >= 0.6 is 24.0 Å². The number of rotatable bonds is 6. The van der Waals surface area contributed by atoms with Crippen LogP contribution in [0.25, 0.3) is 0 Å². The van der Waals surface area contributed by atoms with Gasteiger partial charge in [0.05, 0.1) is 6.54 Å². The number of nitrogens with one attached hydrogen (secondary N) is 2. The van der Waals surface area contributed by atoms with Gasteiger partial charge in [-0.15, -0.1) is 24.0 Å². The smallest absolute Gasteiger partial charge is 0.191 e. The van der Waals surface area contributed by atoms with Crippen LogP contribution in [-0.4, -0.2) is 36.6 Å². The molecule has 0 aliphatic carbocycles. The Hall–Kier alpha value is -1.05. The molecule has 148 valence electrons. The molecule has 0 bridgehead atoms. The van der Waals surface area contributed by atoms with Crippen molar-refractivity contribution in [2.45, 2.75) is 66.0 Å². The predicted octanol–water partition coefficient (Wildman–Crippen LogP) is 4.18. The van der Waals surface area contributed by atoms with Gasteiger partial charge in [-0.2, -0.15) is 0 Å². The molecule has 0 radical (unpaired) electrons. The second kappa shape index (κ2) is 12.4. The van der Waals surface area contributed by atoms with Crippen LogP contribution in [0.1, 0.15) is 58.9 Å². The maximum Gasteiger partial charge on any atom is 0.191 e. The second-order valence-corrected chi connectivity index (χ2v) is 7.30. The summed E-state index contributed by atoms with van der Waals surface area (Å²) in [5.41, 5.74) is 1.21. The van der Waals surface area contributed by atoms with E-state index in [1.807, 2.05) is 6.20 Å². The molecule has 1 aromatic rings. The van der Waals surface area contributed by atoms with E-state index in [9.17, 15) is 0 Å². The fraction of sp³-hybridized carbons (Fsp3) is 0.700. The van der Waals surface area contributed by atoms with Crippen molar-refractivity contribution < 1.29 is 0 Å². The number of hydrogen-bond acceptors (Lipinski definition) is 3. The molecule has 1 saturated heterocycles. The van der Waals surface area contributed by atoms with Crippen molar-refractivity contribution in [3.05, 3.63) is 23.9 Å². The first-order valence-electron chi connectivity index (χ1n) is 9.85. The van der Waals surface area contributed by atoms with Gasteiger partial charge in [-0.3, -0.25) is 0 Å². The van der Waals surface area contributed by atoms with Crippen LogP contribution in [0.15, 0.2) is 23.3 Å². The third-order valence-corrected chi connectivity index (χ3v) is 4.87. The lowest BCUT2D eigenvalue weighted by Crippen LogP contribution is -2.44. The number of pyridine rings is 1. The normalized spacial score (nSPS) is 16.7. The highest BCUT2D eigenvalue weighted by atomic mass is 127. The van der Waals surface area contributed by atoms with Crippen molar-refractivity contribution in [2.75, 3.05) is 24.5 Å². The van der Waals surface area contributed by atoms with Gasteiger partial charge in [0.25, 0.3) is 0 Å². The Balaban J connectivity index is 0.00000338. The summed E-state index contributed by atoms with van der Waals surface area (Å²) in [5, 5.41) is 6.82. The van der Waals surface area contributed by atoms with Crippen LogP contribution < -0.4 is 15.5 Å². The molecule has 6 heteroatoms. The number of hydrogen-bond donors (Lipinski definition) is 2. The number of guanidine groups is 1. The summed E-state index contributed by atoms with van der Waals surface area (Å²) in [7, 11) is 0. The maximum atomic E-state index is 4.76. The number of aliphatic imine (C=N–C) groups is 1. The molecule has 0 spiro atoms. The van der Waals surface area contributed by atoms with Crippen molar-refractivity contribution in [3.8, 4) is 0 Å². The Labute approximate surface area is 176 Å². The van der Waals surface area contributed by atoms with Crippen LogP contribution in [0.2, 0.25) is 0 Å². The first-order chi connectivity index (χ1) is 12.1. The van der Waals surface area contributed by atoms with E-state index in [0.29, 0.717) is 18.5 Å². The Bertz CT molecular complexity index is 539. The molecule has 0 saturated carbocycles. The summed E-state index contributed by atoms with van der Waals surface area (Å²) < 4.78 is 0. The van der Waals surface area contributed by atoms with Gasteiger partial charge < -0.3 is 15.5 Å². The fourth-order valence-electron chi connectivity index (χ4n) is 2.90. The van der Waals surface area contributed by atoms with Crippen LogP contribution in [0, 0.1) is 5.92 Å². The van der Waals surface area contributed by atoms with Crippen molar-refractivity contribution in [1.82, 2.24) is 15.6 Å². The monoisotopic (exact) mass is 473 g/mol. The van der Waals surface area contributed by atoms with E-state index < -0.39 is 0 Å². The van der Waals surface area contributed by atoms with Crippen molar-refractivity contribution in [2.24, 2.45) is 10.9 Å². The highest BCUT2D eigenvalue weighted by Crippen LogP contribution is 2.18. The Morgan fingerprint density at radius 3 is 2.50 bits per heavy atom. The first kappa shape index (κ1) is 23.0. The molecule has 2 heterocycles. The zero-order valence-corrected chi connectivity index (χ0v) is 19.1. The lowest BCUT2D eigenvalue weighted by Gasteiger charge is -2.22. The lowest BCUT2D eigenvalue weighted by atomic mass is 10.1. The molecule has 26 heavy (non-hydrogen) atoms. The molecule has 1 atom stereocenters. The summed E-state index contributed by atoms with van der Waals surface area (Å²) in [5.74, 6) is 2.55. The molecule has 5 nitrogen and oxygen atoms in total. The zero-order valence-electron chi connectivity index (χ0n) is 16.8. The Morgan fingerprint density at radius 1 is 1.19 bits per heavy atom. The molecule has 1 aliphatic heterocycles. The number of anilines is 1. The van der Waals surface area contributed by atoms with Gasteiger partial charge in [0.2, 0.25) is 0 Å². The summed E-state index contributed by atoms with van der Waals surface area (Å²) in [6, 6.07) is 4.66. The Morgan fingerprint density at radius 2 is 1.88 bits per heavy atom. The molecule has 1 aromatic heterocycles. The van der Waals surface area contributed by atoms with E-state index in [1.54, 1.807) is 0 Å². The quantitative estimate of drug-likeness (QED) is 0.370. The van der Waals surface area contributed by atoms with Crippen molar-refractivity contribution in [3.63, 3.8) is 0 Å². The minimum absolute atomic E-state index is 0. The van der Waals surface area contributed by atoms with Gasteiger partial charge in [-0.1, -0.05) is 26.7 Å². The molecule has 0 aromatic carbocycles. The standard InChI is InChI=1S/C20H35N5.HI/c1-5-21-20(24-17(4)16(2)3)23-15-18-10-11-22-19(14-18)25-12-8-6-7-9-13-25;/h10-11,14,16-17H,5-9,12-13,15H2,1-4H3,(H2,21,23,24);1H. The van der Waals surface area contributed by atoms with E-state index in [4.69, 9.17) is 4.99 Å². The third-order valence-electron chi connectivity index (χ3n) is 4.87. The second-order valence-electron chi connectivity index (χ2n) is 7.30. The number of nitrogens with zero attached hydrogens (tertiary/aromatic N) is 3. The van der Waals surface area contributed by atoms with Gasteiger partial charge in [0, 0.05) is 31.9 Å². The minimum Gasteiger partial charge on any atom is -0.357 e. The van der Waals surface area contributed by atoms with E-state index in [-0.39, 0.29) is 24.0 Å². The van der Waals surface area contributed by atoms with Crippen LogP contribution in [0.3, 0.4) is 0 Å². The molecule has 2 rings (SSSR count). The summed E-state index contributed by atoms with van der Waals surface area (Å²) >= 11 is 0. The highest BCUT2D eigenvalue weighted by Gasteiger charge is 2.12. The van der Waals surface area contributed by atoms with Gasteiger partial charge in [0.15, 0.2) is 5.96 Å². The summed E-state index contributed by atoms with van der Waals surface area (Å²) in [4.78, 5) is 11.8. The van der Waals surface area contributed by atoms with E-state index in [2.05, 4.69) is 60.3 Å². The maximum absolute atomic E-state index is 4.76. The van der Waals surface area contributed by atoms with E-state index in [0.717, 1.165) is 31.4 Å². The Kier molecular flexibility index (Phi) is 10.9. The van der Waals surface area contributed by atoms with E-state index in [1.165, 1.54) is 31.2 Å².